The number of hydrogen-bond acceptors (Lipinski definition) is 3. The summed E-state index contributed by atoms with van der Waals surface area (Å²) in [5.41, 5.74) is 1.02. The highest BCUT2D eigenvalue weighted by molar-refractivity contribution is 5.85. The van der Waals surface area contributed by atoms with E-state index in [4.69, 9.17) is 4.74 Å². The Morgan fingerprint density at radius 2 is 2.05 bits per heavy atom. The number of halogens is 2. The number of nitrogens with zero attached hydrogens (tertiary/aromatic N) is 1. The summed E-state index contributed by atoms with van der Waals surface area (Å²) in [4.78, 5) is 2.49. The second-order valence-corrected chi connectivity index (χ2v) is 5.42. The Hall–Kier alpha value is -0.840. The molecule has 0 atom stereocenters. The van der Waals surface area contributed by atoms with Crippen molar-refractivity contribution in [3.8, 4) is 5.75 Å². The molecule has 5 heteroatoms. The maximum atomic E-state index is 13.8. The van der Waals surface area contributed by atoms with Crippen molar-refractivity contribution in [3.05, 3.63) is 29.6 Å². The third-order valence-electron chi connectivity index (χ3n) is 3.94. The van der Waals surface area contributed by atoms with Crippen LogP contribution < -0.4 is 10.1 Å². The molecule has 3 nitrogen and oxygen atoms in total. The van der Waals surface area contributed by atoms with Gasteiger partial charge in [0.25, 0.3) is 0 Å². The zero-order valence-corrected chi connectivity index (χ0v) is 13.7. The van der Waals surface area contributed by atoms with Crippen LogP contribution in [0.5, 0.6) is 5.75 Å². The van der Waals surface area contributed by atoms with Crippen LogP contribution in [0.25, 0.3) is 0 Å². The molecule has 0 unspecified atom stereocenters. The quantitative estimate of drug-likeness (QED) is 0.872. The monoisotopic (exact) mass is 316 g/mol. The molecule has 0 amide bonds. The van der Waals surface area contributed by atoms with Crippen molar-refractivity contribution in [2.45, 2.75) is 38.8 Å². The molecular weight excluding hydrogens is 291 g/mol. The summed E-state index contributed by atoms with van der Waals surface area (Å²) in [6, 6.07) is 5.90. The Kier molecular flexibility index (Phi) is 8.01. The van der Waals surface area contributed by atoms with Crippen LogP contribution in [0.3, 0.4) is 0 Å². The molecule has 0 bridgehead atoms. The first kappa shape index (κ1) is 18.2. The van der Waals surface area contributed by atoms with Gasteiger partial charge in [-0.2, -0.15) is 0 Å². The van der Waals surface area contributed by atoms with Gasteiger partial charge in [-0.15, -0.1) is 12.4 Å². The summed E-state index contributed by atoms with van der Waals surface area (Å²) < 4.78 is 18.7. The lowest BCUT2D eigenvalue weighted by molar-refractivity contribution is 0.154. The average Bonchev–Trinajstić information content (AvgIpc) is 2.48. The second kappa shape index (κ2) is 9.23. The molecule has 1 heterocycles. The van der Waals surface area contributed by atoms with Gasteiger partial charge in [-0.1, -0.05) is 13.0 Å². The van der Waals surface area contributed by atoms with E-state index < -0.39 is 0 Å². The van der Waals surface area contributed by atoms with Crippen LogP contribution in [0.1, 0.15) is 31.7 Å². The first-order chi connectivity index (χ1) is 9.74. The Balaban J connectivity index is 0.00000220. The number of nitrogens with one attached hydrogen (secondary N) is 1. The summed E-state index contributed by atoms with van der Waals surface area (Å²) >= 11 is 0. The molecule has 21 heavy (non-hydrogen) atoms. The Labute approximate surface area is 133 Å². The molecule has 0 spiro atoms. The molecule has 1 aromatic rings. The van der Waals surface area contributed by atoms with Crippen LogP contribution >= 0.6 is 12.4 Å². The summed E-state index contributed by atoms with van der Waals surface area (Å²) in [5, 5.41) is 3.40. The lowest BCUT2D eigenvalue weighted by Gasteiger charge is -2.34. The highest BCUT2D eigenvalue weighted by atomic mass is 35.5. The Morgan fingerprint density at radius 3 is 2.62 bits per heavy atom. The molecule has 1 saturated heterocycles. The number of benzene rings is 1. The van der Waals surface area contributed by atoms with E-state index in [1.165, 1.54) is 20.0 Å². The Bertz CT molecular complexity index is 425. The van der Waals surface area contributed by atoms with Crippen molar-refractivity contribution in [2.75, 3.05) is 26.7 Å². The number of piperidine rings is 1. The topological polar surface area (TPSA) is 24.5 Å². The fraction of sp³-hybridized carbons (Fsp3) is 0.625. The van der Waals surface area contributed by atoms with Crippen LogP contribution in [-0.4, -0.2) is 37.7 Å². The average molecular weight is 317 g/mol. The van der Waals surface area contributed by atoms with Crippen LogP contribution in [0.2, 0.25) is 0 Å². The van der Waals surface area contributed by atoms with Gasteiger partial charge in [0.1, 0.15) is 0 Å². The molecule has 1 aromatic carbocycles. The van der Waals surface area contributed by atoms with E-state index in [1.54, 1.807) is 12.1 Å². The van der Waals surface area contributed by atoms with Gasteiger partial charge in [0.05, 0.1) is 7.11 Å². The van der Waals surface area contributed by atoms with Crippen molar-refractivity contribution in [1.82, 2.24) is 10.2 Å². The molecule has 0 aromatic heterocycles. The van der Waals surface area contributed by atoms with Gasteiger partial charge in [0, 0.05) is 12.6 Å². The number of ether oxygens (including phenoxy) is 1. The van der Waals surface area contributed by atoms with Crippen molar-refractivity contribution in [1.29, 1.82) is 0 Å². The van der Waals surface area contributed by atoms with Crippen LogP contribution in [-0.2, 0) is 6.54 Å². The van der Waals surface area contributed by atoms with Gasteiger partial charge in [-0.25, -0.2) is 4.39 Å². The highest BCUT2D eigenvalue weighted by Crippen LogP contribution is 2.21. The lowest BCUT2D eigenvalue weighted by atomic mass is 10.0. The van der Waals surface area contributed by atoms with Gasteiger partial charge in [0.15, 0.2) is 11.6 Å². The lowest BCUT2D eigenvalue weighted by Crippen LogP contribution is -2.43. The smallest absolute Gasteiger partial charge is 0.165 e. The fourth-order valence-corrected chi connectivity index (χ4v) is 2.89. The van der Waals surface area contributed by atoms with Gasteiger partial charge in [-0.3, -0.25) is 4.90 Å². The minimum Gasteiger partial charge on any atom is -0.494 e. The Morgan fingerprint density at radius 1 is 1.33 bits per heavy atom. The molecule has 1 aliphatic heterocycles. The molecule has 2 rings (SSSR count). The van der Waals surface area contributed by atoms with Crippen molar-refractivity contribution in [2.24, 2.45) is 0 Å². The number of hydrogen-bond donors (Lipinski definition) is 1. The van der Waals surface area contributed by atoms with Crippen LogP contribution in [0.4, 0.5) is 4.39 Å². The molecule has 1 aliphatic rings. The summed E-state index contributed by atoms with van der Waals surface area (Å²) in [7, 11) is 1.50. The van der Waals surface area contributed by atoms with Gasteiger partial charge < -0.3 is 10.1 Å². The normalized spacial score (nSPS) is 15.8. The van der Waals surface area contributed by atoms with Crippen LogP contribution in [0.15, 0.2) is 18.2 Å². The second-order valence-electron chi connectivity index (χ2n) is 5.42. The zero-order chi connectivity index (χ0) is 14.4. The molecule has 0 saturated carbocycles. The molecular formula is C16H26ClFN2O. The highest BCUT2D eigenvalue weighted by Gasteiger charge is 2.20. The fourth-order valence-electron chi connectivity index (χ4n) is 2.89. The minimum atomic E-state index is -0.272. The number of methoxy groups -OCH3 is 1. The minimum absolute atomic E-state index is 0. The van der Waals surface area contributed by atoms with E-state index in [-0.39, 0.29) is 18.2 Å². The first-order valence-corrected chi connectivity index (χ1v) is 7.51. The van der Waals surface area contributed by atoms with E-state index in [1.807, 2.05) is 6.07 Å². The van der Waals surface area contributed by atoms with Gasteiger partial charge in [0.2, 0.25) is 0 Å². The van der Waals surface area contributed by atoms with Crippen molar-refractivity contribution >= 4 is 12.4 Å². The van der Waals surface area contributed by atoms with Crippen molar-refractivity contribution < 1.29 is 9.13 Å². The van der Waals surface area contributed by atoms with E-state index in [2.05, 4.69) is 17.1 Å². The van der Waals surface area contributed by atoms with E-state index in [9.17, 15) is 4.39 Å². The summed E-state index contributed by atoms with van der Waals surface area (Å²) in [5.74, 6) is 0.0458. The maximum absolute atomic E-state index is 13.8. The van der Waals surface area contributed by atoms with Gasteiger partial charge >= 0.3 is 0 Å². The predicted octanol–water partition coefficient (Wildman–Crippen LogP) is 3.22. The van der Waals surface area contributed by atoms with Crippen LogP contribution in [0, 0.1) is 5.82 Å². The number of rotatable bonds is 6. The molecule has 120 valence electrons. The standard InChI is InChI=1S/C16H25FN2O.ClH/c1-3-10-19(14-6-8-18-9-7-14)12-13-4-5-16(20-2)15(17)11-13;/h4-5,11,14,18H,3,6-10,12H2,1-2H3;1H. The molecule has 0 radical (unpaired) electrons. The zero-order valence-electron chi connectivity index (χ0n) is 12.9. The van der Waals surface area contributed by atoms with E-state index >= 15 is 0 Å². The van der Waals surface area contributed by atoms with Crippen molar-refractivity contribution in [3.63, 3.8) is 0 Å². The van der Waals surface area contributed by atoms with Gasteiger partial charge in [-0.05, 0) is 56.6 Å². The molecule has 1 fully saturated rings. The first-order valence-electron chi connectivity index (χ1n) is 7.51. The summed E-state index contributed by atoms with van der Waals surface area (Å²) in [6.07, 6.45) is 3.49. The largest absolute Gasteiger partial charge is 0.494 e. The SMILES string of the molecule is CCCN(Cc1ccc(OC)c(F)c1)C1CCNCC1.Cl. The third-order valence-corrected chi connectivity index (χ3v) is 3.94. The predicted molar refractivity (Wildman–Crippen MR) is 86.8 cm³/mol. The van der Waals surface area contributed by atoms with E-state index in [0.29, 0.717) is 11.8 Å². The molecule has 1 N–H and O–H groups in total. The molecule has 0 aliphatic carbocycles. The maximum Gasteiger partial charge on any atom is 0.165 e. The third kappa shape index (κ3) is 5.13. The van der Waals surface area contributed by atoms with E-state index in [0.717, 1.165) is 38.2 Å². The summed E-state index contributed by atoms with van der Waals surface area (Å²) in [6.45, 7) is 6.25.